The van der Waals surface area contributed by atoms with Crippen molar-refractivity contribution in [2.45, 2.75) is 38.3 Å². The molecule has 0 amide bonds. The molecule has 1 aromatic rings. The van der Waals surface area contributed by atoms with Crippen molar-refractivity contribution in [3.05, 3.63) is 11.8 Å². The zero-order chi connectivity index (χ0) is 16.0. The predicted octanol–water partition coefficient (Wildman–Crippen LogP) is 0.272. The molecule has 0 spiro atoms. The normalized spacial score (nSPS) is 13.4. The number of aliphatic hydroxyl groups excluding tert-OH is 1. The highest BCUT2D eigenvalue weighted by Gasteiger charge is 2.28. The number of hydrogen-bond acceptors (Lipinski definition) is 6. The van der Waals surface area contributed by atoms with Gasteiger partial charge in [-0.25, -0.2) is 17.9 Å². The van der Waals surface area contributed by atoms with Crippen molar-refractivity contribution in [1.82, 2.24) is 14.9 Å². The van der Waals surface area contributed by atoms with Gasteiger partial charge in [0.05, 0.1) is 19.4 Å². The molecule has 0 aromatic carbocycles. The van der Waals surface area contributed by atoms with E-state index in [4.69, 9.17) is 4.74 Å². The van der Waals surface area contributed by atoms with Crippen LogP contribution in [-0.4, -0.2) is 48.9 Å². The Hall–Kier alpha value is -1.45. The molecule has 0 aliphatic carbocycles. The molecule has 0 fully saturated rings. The van der Waals surface area contributed by atoms with Crippen molar-refractivity contribution in [3.8, 4) is 0 Å². The third kappa shape index (κ3) is 4.80. The first-order valence-corrected chi connectivity index (χ1v) is 8.13. The van der Waals surface area contributed by atoms with Crippen LogP contribution in [0.5, 0.6) is 0 Å². The Morgan fingerprint density at radius 3 is 2.71 bits per heavy atom. The lowest BCUT2D eigenvalue weighted by molar-refractivity contribution is 0.0522. The van der Waals surface area contributed by atoms with Crippen LogP contribution in [0.4, 0.5) is 0 Å². The van der Waals surface area contributed by atoms with E-state index in [1.54, 1.807) is 6.92 Å². The average Bonchev–Trinajstić information content (AvgIpc) is 2.87. The Bertz CT molecular complexity index is 567. The van der Waals surface area contributed by atoms with Crippen molar-refractivity contribution in [3.63, 3.8) is 0 Å². The minimum absolute atomic E-state index is 0.129. The molecule has 1 atom stereocenters. The number of nitrogens with zero attached hydrogens (tertiary/aromatic N) is 1. The highest BCUT2D eigenvalue weighted by atomic mass is 32.2. The van der Waals surface area contributed by atoms with Crippen LogP contribution in [0.1, 0.15) is 37.6 Å². The van der Waals surface area contributed by atoms with E-state index in [-0.39, 0.29) is 29.7 Å². The van der Waals surface area contributed by atoms with Gasteiger partial charge >= 0.3 is 5.97 Å². The molecular weight excluding hydrogens is 298 g/mol. The zero-order valence-corrected chi connectivity index (χ0v) is 13.1. The molecule has 0 radical (unpaired) electrons. The molecule has 0 aliphatic rings. The number of nitrogens with one attached hydrogen (secondary N) is 2. The topological polar surface area (TPSA) is 121 Å². The highest BCUT2D eigenvalue weighted by molar-refractivity contribution is 7.89. The molecule has 1 heterocycles. The van der Waals surface area contributed by atoms with Crippen LogP contribution in [0.2, 0.25) is 0 Å². The van der Waals surface area contributed by atoms with Crippen molar-refractivity contribution in [2.75, 3.05) is 13.2 Å². The van der Waals surface area contributed by atoms with E-state index in [1.165, 1.54) is 0 Å². The molecule has 1 rings (SSSR count). The summed E-state index contributed by atoms with van der Waals surface area (Å²) in [6, 6.07) is -0.631. The number of aromatic amines is 1. The van der Waals surface area contributed by atoms with Crippen LogP contribution in [-0.2, 0) is 14.8 Å². The van der Waals surface area contributed by atoms with E-state index in [0.29, 0.717) is 6.42 Å². The van der Waals surface area contributed by atoms with Gasteiger partial charge in [-0.2, -0.15) is 5.10 Å². The fourth-order valence-corrected chi connectivity index (χ4v) is 3.17. The number of ether oxygens (including phenoxy) is 1. The minimum Gasteiger partial charge on any atom is -0.462 e. The van der Waals surface area contributed by atoms with Gasteiger partial charge in [-0.15, -0.1) is 0 Å². The third-order valence-electron chi connectivity index (χ3n) is 2.67. The predicted molar refractivity (Wildman–Crippen MR) is 75.2 cm³/mol. The molecule has 1 unspecified atom stereocenters. The number of H-pyrrole nitrogens is 1. The van der Waals surface area contributed by atoms with Gasteiger partial charge in [0.25, 0.3) is 10.0 Å². The maximum absolute atomic E-state index is 12.3. The molecule has 0 aliphatic heterocycles. The van der Waals surface area contributed by atoms with Gasteiger partial charge in [0, 0.05) is 6.04 Å². The Labute approximate surface area is 123 Å². The fourth-order valence-electron chi connectivity index (χ4n) is 1.84. The lowest BCUT2D eigenvalue weighted by atomic mass is 10.1. The average molecular weight is 319 g/mol. The largest absolute Gasteiger partial charge is 0.462 e. The summed E-state index contributed by atoms with van der Waals surface area (Å²) in [4.78, 5) is 11.7. The molecule has 9 heteroatoms. The van der Waals surface area contributed by atoms with E-state index >= 15 is 0 Å². The van der Waals surface area contributed by atoms with Gasteiger partial charge in [-0.3, -0.25) is 5.10 Å². The lowest BCUT2D eigenvalue weighted by Gasteiger charge is -2.17. The second-order valence-electron chi connectivity index (χ2n) is 4.96. The molecule has 21 heavy (non-hydrogen) atoms. The van der Waals surface area contributed by atoms with Crippen LogP contribution in [0.3, 0.4) is 0 Å². The second-order valence-corrected chi connectivity index (χ2v) is 6.61. The van der Waals surface area contributed by atoms with Gasteiger partial charge in [0.15, 0.2) is 5.03 Å². The molecule has 8 nitrogen and oxygen atoms in total. The van der Waals surface area contributed by atoms with Gasteiger partial charge in [-0.05, 0) is 19.3 Å². The summed E-state index contributed by atoms with van der Waals surface area (Å²) in [5, 5.41) is 14.8. The van der Waals surface area contributed by atoms with Gasteiger partial charge in [0.2, 0.25) is 0 Å². The number of sulfonamides is 1. The number of aliphatic hydroxyl groups is 1. The van der Waals surface area contributed by atoms with Gasteiger partial charge in [-0.1, -0.05) is 13.8 Å². The maximum atomic E-state index is 12.3. The summed E-state index contributed by atoms with van der Waals surface area (Å²) >= 11 is 0. The first-order valence-electron chi connectivity index (χ1n) is 6.65. The van der Waals surface area contributed by atoms with E-state index in [9.17, 15) is 18.3 Å². The first-order chi connectivity index (χ1) is 9.81. The highest BCUT2D eigenvalue weighted by Crippen LogP contribution is 2.15. The second kappa shape index (κ2) is 7.53. The molecular formula is C12H21N3O5S. The first kappa shape index (κ1) is 17.6. The fraction of sp³-hybridized carbons (Fsp3) is 0.667. The number of hydrogen-bond donors (Lipinski definition) is 3. The van der Waals surface area contributed by atoms with Crippen molar-refractivity contribution < 1.29 is 23.1 Å². The summed E-state index contributed by atoms with van der Waals surface area (Å²) in [7, 11) is -4.00. The van der Waals surface area contributed by atoms with Crippen LogP contribution >= 0.6 is 0 Å². The van der Waals surface area contributed by atoms with Crippen molar-refractivity contribution >= 4 is 16.0 Å². The third-order valence-corrected chi connectivity index (χ3v) is 4.16. The molecule has 1 aromatic heterocycles. The van der Waals surface area contributed by atoms with E-state index in [1.807, 2.05) is 13.8 Å². The quantitative estimate of drug-likeness (QED) is 0.591. The van der Waals surface area contributed by atoms with Gasteiger partial charge < -0.3 is 9.84 Å². The van der Waals surface area contributed by atoms with Crippen molar-refractivity contribution in [1.29, 1.82) is 0 Å². The maximum Gasteiger partial charge on any atom is 0.342 e. The Kier molecular flexibility index (Phi) is 6.31. The smallest absolute Gasteiger partial charge is 0.342 e. The minimum atomic E-state index is -4.00. The number of esters is 1. The van der Waals surface area contributed by atoms with Crippen LogP contribution < -0.4 is 4.72 Å². The van der Waals surface area contributed by atoms with E-state index in [0.717, 1.165) is 6.20 Å². The van der Waals surface area contributed by atoms with Crippen LogP contribution in [0.25, 0.3) is 0 Å². The Balaban J connectivity index is 2.98. The number of aromatic nitrogens is 2. The molecule has 120 valence electrons. The summed E-state index contributed by atoms with van der Waals surface area (Å²) in [5.41, 5.74) is -0.161. The number of carbonyl (C=O) groups is 1. The lowest BCUT2D eigenvalue weighted by Crippen LogP contribution is -2.39. The SMILES string of the molecule is CCOC(=O)c1cn[nH]c1S(=O)(=O)NC(CO)CC(C)C. The van der Waals surface area contributed by atoms with Crippen LogP contribution in [0, 0.1) is 5.92 Å². The summed E-state index contributed by atoms with van der Waals surface area (Å²) in [6.45, 7) is 5.24. The molecule has 0 saturated carbocycles. The van der Waals surface area contributed by atoms with Crippen LogP contribution in [0.15, 0.2) is 11.2 Å². The summed E-state index contributed by atoms with van der Waals surface area (Å²) in [6.07, 6.45) is 1.57. The zero-order valence-electron chi connectivity index (χ0n) is 12.3. The standard InChI is InChI=1S/C12H21N3O5S/c1-4-20-12(17)10-6-13-14-11(10)21(18,19)15-9(7-16)5-8(2)3/h6,8-9,15-16H,4-5,7H2,1-3H3,(H,13,14). The molecule has 0 bridgehead atoms. The summed E-state index contributed by atoms with van der Waals surface area (Å²) in [5.74, 6) is -0.563. The van der Waals surface area contributed by atoms with E-state index in [2.05, 4.69) is 14.9 Å². The van der Waals surface area contributed by atoms with Gasteiger partial charge in [0.1, 0.15) is 5.56 Å². The summed E-state index contributed by atoms with van der Waals surface area (Å²) < 4.78 is 31.7. The monoisotopic (exact) mass is 319 g/mol. The molecule has 3 N–H and O–H groups in total. The van der Waals surface area contributed by atoms with E-state index < -0.39 is 22.0 Å². The number of rotatable bonds is 8. The van der Waals surface area contributed by atoms with Crippen molar-refractivity contribution in [2.24, 2.45) is 5.92 Å². The Morgan fingerprint density at radius 2 is 2.19 bits per heavy atom. The number of carbonyl (C=O) groups excluding carboxylic acids is 1. The Morgan fingerprint density at radius 1 is 1.52 bits per heavy atom. The molecule has 0 saturated heterocycles.